The third-order valence-corrected chi connectivity index (χ3v) is 3.29. The van der Waals surface area contributed by atoms with Crippen molar-refractivity contribution in [3.8, 4) is 0 Å². The van der Waals surface area contributed by atoms with Gasteiger partial charge in [-0.3, -0.25) is 13.9 Å². The lowest BCUT2D eigenvalue weighted by Gasteiger charge is -2.14. The van der Waals surface area contributed by atoms with Gasteiger partial charge in [0, 0.05) is 14.1 Å². The highest BCUT2D eigenvalue weighted by Gasteiger charge is 2.21. The second kappa shape index (κ2) is 5.91. The largest absolute Gasteiger partial charge is 0.394 e. The van der Waals surface area contributed by atoms with E-state index in [9.17, 15) is 19.8 Å². The number of hydrogen-bond donors (Lipinski definition) is 4. The summed E-state index contributed by atoms with van der Waals surface area (Å²) in [5, 5.41) is 30.8. The second-order valence-corrected chi connectivity index (χ2v) is 5.08. The summed E-state index contributed by atoms with van der Waals surface area (Å²) in [6.07, 6.45) is -2.07. The van der Waals surface area contributed by atoms with E-state index in [4.69, 9.17) is 5.11 Å². The SMILES string of the molecule is CC(O)Nc1nc2c(c(=O)n(C)c(=O)n2C)n1CC(O)CO. The minimum Gasteiger partial charge on any atom is -0.394 e. The van der Waals surface area contributed by atoms with Crippen LogP contribution in [0.3, 0.4) is 0 Å². The first-order valence-corrected chi connectivity index (χ1v) is 6.67. The average molecular weight is 313 g/mol. The number of rotatable bonds is 5. The van der Waals surface area contributed by atoms with Crippen LogP contribution in [0.25, 0.3) is 11.2 Å². The molecule has 2 rings (SSSR count). The molecule has 0 bridgehead atoms. The number of imidazole rings is 1. The lowest BCUT2D eigenvalue weighted by Crippen LogP contribution is -2.38. The Morgan fingerprint density at radius 3 is 2.41 bits per heavy atom. The molecule has 0 aliphatic carbocycles. The van der Waals surface area contributed by atoms with E-state index in [2.05, 4.69) is 10.3 Å². The fraction of sp³-hybridized carbons (Fsp3) is 0.583. The topological polar surface area (TPSA) is 135 Å². The summed E-state index contributed by atoms with van der Waals surface area (Å²) in [5.74, 6) is 0.121. The van der Waals surface area contributed by atoms with Crippen molar-refractivity contribution in [2.45, 2.75) is 25.8 Å². The zero-order valence-electron chi connectivity index (χ0n) is 12.5. The number of nitrogens with zero attached hydrogens (tertiary/aromatic N) is 4. The number of anilines is 1. The van der Waals surface area contributed by atoms with Gasteiger partial charge < -0.3 is 25.2 Å². The number of aryl methyl sites for hydroxylation is 1. The first-order valence-electron chi connectivity index (χ1n) is 6.67. The molecule has 0 radical (unpaired) electrons. The summed E-state index contributed by atoms with van der Waals surface area (Å²) in [4.78, 5) is 28.4. The molecule has 2 unspecified atom stereocenters. The average Bonchev–Trinajstić information content (AvgIpc) is 2.80. The summed E-state index contributed by atoms with van der Waals surface area (Å²) in [7, 11) is 2.81. The molecule has 2 atom stereocenters. The van der Waals surface area contributed by atoms with Crippen molar-refractivity contribution in [2.24, 2.45) is 14.1 Å². The molecule has 122 valence electrons. The molecule has 2 aromatic rings. The van der Waals surface area contributed by atoms with Crippen molar-refractivity contribution in [1.82, 2.24) is 18.7 Å². The van der Waals surface area contributed by atoms with Gasteiger partial charge in [0.05, 0.1) is 19.3 Å². The minimum absolute atomic E-state index is 0.0975. The molecule has 0 saturated carbocycles. The van der Waals surface area contributed by atoms with Crippen LogP contribution < -0.4 is 16.6 Å². The Morgan fingerprint density at radius 1 is 1.23 bits per heavy atom. The molecule has 10 heteroatoms. The molecule has 0 fully saturated rings. The van der Waals surface area contributed by atoms with Crippen molar-refractivity contribution in [3.63, 3.8) is 0 Å². The predicted octanol–water partition coefficient (Wildman–Crippen LogP) is -2.46. The van der Waals surface area contributed by atoms with Crippen LogP contribution in [-0.2, 0) is 20.6 Å². The second-order valence-electron chi connectivity index (χ2n) is 5.08. The highest BCUT2D eigenvalue weighted by atomic mass is 16.3. The van der Waals surface area contributed by atoms with E-state index in [0.29, 0.717) is 0 Å². The lowest BCUT2D eigenvalue weighted by atomic mass is 10.3. The third-order valence-electron chi connectivity index (χ3n) is 3.29. The number of nitrogens with one attached hydrogen (secondary N) is 1. The van der Waals surface area contributed by atoms with Gasteiger partial charge in [0.15, 0.2) is 11.2 Å². The van der Waals surface area contributed by atoms with E-state index in [1.165, 1.54) is 30.2 Å². The maximum atomic E-state index is 12.3. The van der Waals surface area contributed by atoms with Crippen LogP contribution in [0.15, 0.2) is 9.59 Å². The van der Waals surface area contributed by atoms with E-state index in [1.54, 1.807) is 0 Å². The summed E-state index contributed by atoms with van der Waals surface area (Å²) in [6, 6.07) is 0. The number of aliphatic hydroxyl groups excluding tert-OH is 3. The molecular weight excluding hydrogens is 294 g/mol. The Kier molecular flexibility index (Phi) is 4.35. The van der Waals surface area contributed by atoms with E-state index in [1.807, 2.05) is 0 Å². The monoisotopic (exact) mass is 313 g/mol. The van der Waals surface area contributed by atoms with Crippen LogP contribution >= 0.6 is 0 Å². The summed E-state index contributed by atoms with van der Waals surface area (Å²) >= 11 is 0. The van der Waals surface area contributed by atoms with Crippen molar-refractivity contribution in [1.29, 1.82) is 0 Å². The predicted molar refractivity (Wildman–Crippen MR) is 78.6 cm³/mol. The van der Waals surface area contributed by atoms with E-state index in [-0.39, 0.29) is 23.7 Å². The van der Waals surface area contributed by atoms with Gasteiger partial charge in [-0.1, -0.05) is 0 Å². The highest BCUT2D eigenvalue weighted by Crippen LogP contribution is 2.16. The van der Waals surface area contributed by atoms with Crippen molar-refractivity contribution in [2.75, 3.05) is 11.9 Å². The van der Waals surface area contributed by atoms with Gasteiger partial charge in [0.1, 0.15) is 6.23 Å². The fourth-order valence-electron chi connectivity index (χ4n) is 2.19. The van der Waals surface area contributed by atoms with Gasteiger partial charge in [-0.25, -0.2) is 4.79 Å². The van der Waals surface area contributed by atoms with Gasteiger partial charge in [0.25, 0.3) is 5.56 Å². The standard InChI is InChI=1S/C12H19N5O5/c1-6(19)13-11-14-9-8(17(11)4-7(20)5-18)10(21)16(3)12(22)15(9)2/h6-7,18-20H,4-5H2,1-3H3,(H,13,14). The number of aromatic nitrogens is 4. The maximum Gasteiger partial charge on any atom is 0.332 e. The number of aliphatic hydroxyl groups is 3. The first kappa shape index (κ1) is 16.2. The van der Waals surface area contributed by atoms with Gasteiger partial charge in [-0.2, -0.15) is 4.98 Å². The molecule has 0 aliphatic heterocycles. The summed E-state index contributed by atoms with van der Waals surface area (Å²) in [6.45, 7) is 0.846. The molecule has 0 saturated heterocycles. The molecule has 0 spiro atoms. The first-order chi connectivity index (χ1) is 10.3. The number of fused-ring (bicyclic) bond motifs is 1. The van der Waals surface area contributed by atoms with Crippen LogP contribution in [0.2, 0.25) is 0 Å². The summed E-state index contributed by atoms with van der Waals surface area (Å²) < 4.78 is 3.47. The highest BCUT2D eigenvalue weighted by molar-refractivity contribution is 5.74. The maximum absolute atomic E-state index is 12.3. The molecule has 22 heavy (non-hydrogen) atoms. The van der Waals surface area contributed by atoms with Gasteiger partial charge >= 0.3 is 5.69 Å². The molecule has 0 aromatic carbocycles. The Hall–Kier alpha value is -2.17. The van der Waals surface area contributed by atoms with E-state index in [0.717, 1.165) is 4.57 Å². The van der Waals surface area contributed by atoms with Gasteiger partial charge in [-0.15, -0.1) is 0 Å². The Bertz CT molecular complexity index is 803. The van der Waals surface area contributed by atoms with Crippen LogP contribution in [-0.4, -0.2) is 52.9 Å². The van der Waals surface area contributed by atoms with Crippen LogP contribution in [0, 0.1) is 0 Å². The molecule has 10 nitrogen and oxygen atoms in total. The number of hydrogen-bond acceptors (Lipinski definition) is 7. The fourth-order valence-corrected chi connectivity index (χ4v) is 2.19. The quantitative estimate of drug-likeness (QED) is 0.450. The van der Waals surface area contributed by atoms with Gasteiger partial charge in [-0.05, 0) is 6.92 Å². The van der Waals surface area contributed by atoms with Crippen molar-refractivity contribution < 1.29 is 15.3 Å². The Morgan fingerprint density at radius 2 is 1.86 bits per heavy atom. The van der Waals surface area contributed by atoms with Crippen LogP contribution in [0.1, 0.15) is 6.92 Å². The van der Waals surface area contributed by atoms with E-state index < -0.39 is 30.2 Å². The molecule has 0 amide bonds. The zero-order valence-corrected chi connectivity index (χ0v) is 12.5. The molecule has 2 heterocycles. The van der Waals surface area contributed by atoms with Crippen molar-refractivity contribution in [3.05, 3.63) is 20.8 Å². The smallest absolute Gasteiger partial charge is 0.332 e. The van der Waals surface area contributed by atoms with Crippen LogP contribution in [0.5, 0.6) is 0 Å². The van der Waals surface area contributed by atoms with E-state index >= 15 is 0 Å². The van der Waals surface area contributed by atoms with Gasteiger partial charge in [0.2, 0.25) is 5.95 Å². The molecular formula is C12H19N5O5. The minimum atomic E-state index is -1.12. The third kappa shape index (κ3) is 2.63. The Labute approximate surface area is 124 Å². The molecule has 0 aliphatic rings. The molecule has 4 N–H and O–H groups in total. The Balaban J connectivity index is 2.81. The summed E-state index contributed by atoms with van der Waals surface area (Å²) in [5.41, 5.74) is -0.885. The molecule has 2 aromatic heterocycles. The lowest BCUT2D eigenvalue weighted by molar-refractivity contribution is 0.0822. The van der Waals surface area contributed by atoms with Crippen molar-refractivity contribution >= 4 is 17.1 Å². The van der Waals surface area contributed by atoms with Crippen LogP contribution in [0.4, 0.5) is 5.95 Å². The zero-order chi connectivity index (χ0) is 16.6. The normalized spacial score (nSPS) is 14.3.